The number of ether oxygens (including phenoxy) is 1. The number of carbonyl (C=O) groups excluding carboxylic acids is 1. The third kappa shape index (κ3) is 8.40. The Bertz CT molecular complexity index is 202. The molecule has 0 saturated carbocycles. The lowest BCUT2D eigenvalue weighted by Crippen LogP contribution is -1.87. The average molecular weight is 184 g/mol. The Morgan fingerprint density at radius 3 is 2.15 bits per heavy atom. The van der Waals surface area contributed by atoms with E-state index in [0.29, 0.717) is 5.76 Å². The average Bonchev–Trinajstić information content (AvgIpc) is 2.08. The van der Waals surface area contributed by atoms with Crippen molar-refractivity contribution in [2.24, 2.45) is 0 Å². The summed E-state index contributed by atoms with van der Waals surface area (Å²) >= 11 is 0. The third-order valence-corrected chi connectivity index (χ3v) is 0.982. The highest BCUT2D eigenvalue weighted by atomic mass is 16.5. The summed E-state index contributed by atoms with van der Waals surface area (Å²) in [6.45, 7) is 6.71. The van der Waals surface area contributed by atoms with Crippen molar-refractivity contribution in [2.75, 3.05) is 7.11 Å². The molecule has 0 unspecified atom stereocenters. The molecule has 3 nitrogen and oxygen atoms in total. The van der Waals surface area contributed by atoms with Crippen LogP contribution in [0.15, 0.2) is 36.3 Å². The van der Waals surface area contributed by atoms with E-state index < -0.39 is 0 Å². The standard InChI is InChI=1S/C8H12O2.C2H4O/c1-4-6-7(9)8(5-2)10-3;1-2-3/h4-6,9H,2H2,1,3H3;2H,1H3/b6-4-,8-7-;. The van der Waals surface area contributed by atoms with Crippen molar-refractivity contribution in [2.45, 2.75) is 13.8 Å². The maximum atomic E-state index is 9.11. The second-order valence-electron chi connectivity index (χ2n) is 1.89. The van der Waals surface area contributed by atoms with Crippen molar-refractivity contribution in [3.05, 3.63) is 36.3 Å². The van der Waals surface area contributed by atoms with Crippen molar-refractivity contribution in [3.8, 4) is 0 Å². The summed E-state index contributed by atoms with van der Waals surface area (Å²) in [5.41, 5.74) is 0. The minimum absolute atomic E-state index is 0.0972. The quantitative estimate of drug-likeness (QED) is 0.416. The molecular formula is C10H16O3. The molecule has 0 spiro atoms. The molecule has 0 aliphatic rings. The summed E-state index contributed by atoms with van der Waals surface area (Å²) in [4.78, 5) is 8.81. The monoisotopic (exact) mass is 184 g/mol. The highest BCUT2D eigenvalue weighted by Gasteiger charge is 1.94. The van der Waals surface area contributed by atoms with Crippen LogP contribution in [-0.4, -0.2) is 18.5 Å². The normalized spacial score (nSPS) is 11.0. The van der Waals surface area contributed by atoms with Crippen LogP contribution in [0.25, 0.3) is 0 Å². The number of rotatable bonds is 3. The van der Waals surface area contributed by atoms with Crippen LogP contribution in [0.1, 0.15) is 13.8 Å². The first-order chi connectivity index (χ1) is 6.17. The molecule has 0 saturated heterocycles. The van der Waals surface area contributed by atoms with Crippen molar-refractivity contribution < 1.29 is 14.6 Å². The fourth-order valence-electron chi connectivity index (χ4n) is 0.532. The highest BCUT2D eigenvalue weighted by Crippen LogP contribution is 2.03. The van der Waals surface area contributed by atoms with Crippen LogP contribution < -0.4 is 0 Å². The Morgan fingerprint density at radius 2 is 1.92 bits per heavy atom. The predicted molar refractivity (Wildman–Crippen MR) is 53.4 cm³/mol. The van der Waals surface area contributed by atoms with E-state index in [1.807, 2.05) is 6.92 Å². The van der Waals surface area contributed by atoms with Crippen molar-refractivity contribution in [1.29, 1.82) is 0 Å². The first-order valence-electron chi connectivity index (χ1n) is 3.80. The van der Waals surface area contributed by atoms with Gasteiger partial charge in [0.1, 0.15) is 6.29 Å². The minimum Gasteiger partial charge on any atom is -0.504 e. The lowest BCUT2D eigenvalue weighted by atomic mass is 10.3. The zero-order valence-electron chi connectivity index (χ0n) is 8.28. The molecule has 0 aromatic rings. The van der Waals surface area contributed by atoms with Crippen LogP contribution >= 0.6 is 0 Å². The lowest BCUT2D eigenvalue weighted by Gasteiger charge is -1.99. The Balaban J connectivity index is 0. The maximum Gasteiger partial charge on any atom is 0.159 e. The van der Waals surface area contributed by atoms with Crippen LogP contribution in [0.4, 0.5) is 0 Å². The molecule has 0 radical (unpaired) electrons. The molecule has 0 amide bonds. The number of aldehydes is 1. The number of aliphatic hydroxyl groups excluding tert-OH is 1. The molecule has 0 bridgehead atoms. The number of aliphatic hydroxyl groups is 1. The first-order valence-corrected chi connectivity index (χ1v) is 3.80. The van der Waals surface area contributed by atoms with Gasteiger partial charge < -0.3 is 14.6 Å². The molecule has 1 N–H and O–H groups in total. The van der Waals surface area contributed by atoms with Gasteiger partial charge in [-0.3, -0.25) is 0 Å². The van der Waals surface area contributed by atoms with Gasteiger partial charge in [0, 0.05) is 0 Å². The van der Waals surface area contributed by atoms with Gasteiger partial charge in [-0.25, -0.2) is 0 Å². The molecule has 74 valence electrons. The van der Waals surface area contributed by atoms with E-state index in [9.17, 15) is 0 Å². The molecule has 13 heavy (non-hydrogen) atoms. The molecule has 0 aliphatic carbocycles. The number of allylic oxidation sites excluding steroid dienone is 3. The van der Waals surface area contributed by atoms with E-state index in [1.54, 1.807) is 12.2 Å². The summed E-state index contributed by atoms with van der Waals surface area (Å²) in [5.74, 6) is 0.484. The zero-order chi connectivity index (χ0) is 10.7. The van der Waals surface area contributed by atoms with Gasteiger partial charge in [0.15, 0.2) is 11.5 Å². The van der Waals surface area contributed by atoms with Gasteiger partial charge in [-0.1, -0.05) is 12.7 Å². The minimum atomic E-state index is 0.0972. The van der Waals surface area contributed by atoms with Gasteiger partial charge in [0.25, 0.3) is 0 Å². The van der Waals surface area contributed by atoms with E-state index in [-0.39, 0.29) is 5.76 Å². The Hall–Kier alpha value is -1.51. The summed E-state index contributed by atoms with van der Waals surface area (Å²) in [7, 11) is 1.48. The predicted octanol–water partition coefficient (Wildman–Crippen LogP) is 2.37. The van der Waals surface area contributed by atoms with Crippen molar-refractivity contribution >= 4 is 6.29 Å². The van der Waals surface area contributed by atoms with Gasteiger partial charge >= 0.3 is 0 Å². The molecular weight excluding hydrogens is 168 g/mol. The van der Waals surface area contributed by atoms with Gasteiger partial charge in [-0.05, 0) is 26.0 Å². The summed E-state index contributed by atoms with van der Waals surface area (Å²) in [5, 5.41) is 9.11. The summed E-state index contributed by atoms with van der Waals surface area (Å²) in [6, 6.07) is 0. The molecule has 0 aromatic heterocycles. The molecule has 0 aromatic carbocycles. The Morgan fingerprint density at radius 1 is 1.46 bits per heavy atom. The second-order valence-corrected chi connectivity index (χ2v) is 1.89. The fourth-order valence-corrected chi connectivity index (χ4v) is 0.532. The molecule has 0 aliphatic heterocycles. The van der Waals surface area contributed by atoms with Crippen LogP contribution in [0.5, 0.6) is 0 Å². The molecule has 0 atom stereocenters. The van der Waals surface area contributed by atoms with Gasteiger partial charge in [0.2, 0.25) is 0 Å². The number of hydrogen-bond acceptors (Lipinski definition) is 3. The first kappa shape index (κ1) is 14.0. The Kier molecular flexibility index (Phi) is 11.3. The van der Waals surface area contributed by atoms with Crippen LogP contribution in [-0.2, 0) is 9.53 Å². The third-order valence-electron chi connectivity index (χ3n) is 0.982. The second kappa shape index (κ2) is 10.5. The smallest absolute Gasteiger partial charge is 0.159 e. The van der Waals surface area contributed by atoms with Gasteiger partial charge in [0.05, 0.1) is 7.11 Å². The zero-order valence-corrected chi connectivity index (χ0v) is 8.28. The highest BCUT2D eigenvalue weighted by molar-refractivity contribution is 5.44. The fraction of sp³-hybridized carbons (Fsp3) is 0.300. The number of hydrogen-bond donors (Lipinski definition) is 1. The maximum absolute atomic E-state index is 9.11. The SMILES string of the molecule is C=C/C(OC)=C(O)\C=C/C.CC=O. The van der Waals surface area contributed by atoms with Gasteiger partial charge in [-0.2, -0.15) is 0 Å². The van der Waals surface area contributed by atoms with E-state index >= 15 is 0 Å². The van der Waals surface area contributed by atoms with Gasteiger partial charge in [-0.15, -0.1) is 0 Å². The van der Waals surface area contributed by atoms with E-state index in [4.69, 9.17) is 14.6 Å². The van der Waals surface area contributed by atoms with E-state index in [1.165, 1.54) is 20.1 Å². The van der Waals surface area contributed by atoms with Crippen molar-refractivity contribution in [3.63, 3.8) is 0 Å². The molecule has 0 fully saturated rings. The lowest BCUT2D eigenvalue weighted by molar-refractivity contribution is -0.106. The molecule has 3 heteroatoms. The van der Waals surface area contributed by atoms with E-state index in [2.05, 4.69) is 6.58 Å². The van der Waals surface area contributed by atoms with E-state index in [0.717, 1.165) is 6.29 Å². The molecule has 0 heterocycles. The topological polar surface area (TPSA) is 46.5 Å². The summed E-state index contributed by atoms with van der Waals surface area (Å²) < 4.78 is 4.77. The number of carbonyl (C=O) groups is 1. The summed E-state index contributed by atoms with van der Waals surface area (Å²) in [6.07, 6.45) is 5.47. The largest absolute Gasteiger partial charge is 0.504 e. The van der Waals surface area contributed by atoms with Crippen LogP contribution in [0.2, 0.25) is 0 Å². The van der Waals surface area contributed by atoms with Crippen LogP contribution in [0, 0.1) is 0 Å². The number of methoxy groups -OCH3 is 1. The van der Waals surface area contributed by atoms with Crippen molar-refractivity contribution in [1.82, 2.24) is 0 Å². The Labute approximate surface area is 79.0 Å². The van der Waals surface area contributed by atoms with Crippen LogP contribution in [0.3, 0.4) is 0 Å². The molecule has 0 rings (SSSR count).